The number of carbonyl (C=O) groups excluding carboxylic acids is 1. The van der Waals surface area contributed by atoms with Crippen LogP contribution in [-0.4, -0.2) is 64.1 Å². The summed E-state index contributed by atoms with van der Waals surface area (Å²) < 4.78 is 37.8. The van der Waals surface area contributed by atoms with Crippen LogP contribution >= 0.6 is 0 Å². The van der Waals surface area contributed by atoms with Gasteiger partial charge in [-0.3, -0.25) is 4.79 Å². The number of anilines is 1. The molecule has 1 aromatic rings. The molecule has 0 spiro atoms. The third kappa shape index (κ3) is 3.85. The fourth-order valence-electron chi connectivity index (χ4n) is 3.27. The summed E-state index contributed by atoms with van der Waals surface area (Å²) in [4.78, 5) is 12.6. The Hall–Kier alpha value is -1.68. The zero-order valence-electron chi connectivity index (χ0n) is 15.0. The Morgan fingerprint density at radius 1 is 1.35 bits per heavy atom. The smallest absolute Gasteiger partial charge is 0.246 e. The molecule has 1 aromatic carbocycles. The number of benzene rings is 1. The van der Waals surface area contributed by atoms with E-state index in [-0.39, 0.29) is 22.7 Å². The van der Waals surface area contributed by atoms with E-state index < -0.39 is 16.1 Å². The fraction of sp³-hybridized carbons (Fsp3) is 0.588. The monoisotopic (exact) mass is 383 g/mol. The van der Waals surface area contributed by atoms with Crippen molar-refractivity contribution in [3.8, 4) is 5.75 Å². The molecule has 0 bridgehead atoms. The maximum Gasteiger partial charge on any atom is 0.246 e. The third-order valence-electron chi connectivity index (χ3n) is 4.71. The largest absolute Gasteiger partial charge is 0.495 e. The zero-order chi connectivity index (χ0) is 18.7. The van der Waals surface area contributed by atoms with Crippen molar-refractivity contribution in [3.05, 3.63) is 18.2 Å². The van der Waals surface area contributed by atoms with E-state index in [1.165, 1.54) is 23.5 Å². The van der Waals surface area contributed by atoms with Crippen LogP contribution in [0.2, 0.25) is 0 Å². The molecule has 9 heteroatoms. The highest BCUT2D eigenvalue weighted by Gasteiger charge is 2.31. The van der Waals surface area contributed by atoms with Gasteiger partial charge in [0.15, 0.2) is 0 Å². The van der Waals surface area contributed by atoms with Crippen molar-refractivity contribution in [2.24, 2.45) is 0 Å². The standard InChI is InChI=1S/C17H25N3O5S/c1-12-16(18-7-10-25-12)17(21)19-13-5-6-15(14(11-13)24-2)26(22,23)20-8-3-4-9-20/h5-6,11-12,16,18H,3-4,7-10H2,1-2H3,(H,19,21)/t12-,16+/m1/s1. The first-order valence-electron chi connectivity index (χ1n) is 8.77. The summed E-state index contributed by atoms with van der Waals surface area (Å²) in [6.07, 6.45) is 1.50. The van der Waals surface area contributed by atoms with Crippen molar-refractivity contribution in [2.75, 3.05) is 38.7 Å². The van der Waals surface area contributed by atoms with Gasteiger partial charge < -0.3 is 20.1 Å². The van der Waals surface area contributed by atoms with E-state index in [4.69, 9.17) is 9.47 Å². The van der Waals surface area contributed by atoms with E-state index >= 15 is 0 Å². The van der Waals surface area contributed by atoms with E-state index in [9.17, 15) is 13.2 Å². The molecule has 2 atom stereocenters. The molecule has 2 aliphatic rings. The molecule has 2 saturated heterocycles. The predicted octanol–water partition coefficient (Wildman–Crippen LogP) is 0.795. The predicted molar refractivity (Wildman–Crippen MR) is 96.8 cm³/mol. The van der Waals surface area contributed by atoms with Gasteiger partial charge in [0, 0.05) is 31.4 Å². The van der Waals surface area contributed by atoms with Crippen molar-refractivity contribution in [1.29, 1.82) is 0 Å². The van der Waals surface area contributed by atoms with E-state index in [1.54, 1.807) is 6.07 Å². The molecular weight excluding hydrogens is 358 g/mol. The van der Waals surface area contributed by atoms with Crippen molar-refractivity contribution in [1.82, 2.24) is 9.62 Å². The van der Waals surface area contributed by atoms with Crippen molar-refractivity contribution in [2.45, 2.75) is 36.8 Å². The number of hydrogen-bond donors (Lipinski definition) is 2. The molecule has 0 unspecified atom stereocenters. The molecule has 2 N–H and O–H groups in total. The first-order valence-corrected chi connectivity index (χ1v) is 10.2. The number of morpholine rings is 1. The molecule has 0 aromatic heterocycles. The number of sulfonamides is 1. The molecule has 0 saturated carbocycles. The van der Waals surface area contributed by atoms with Crippen LogP contribution < -0.4 is 15.4 Å². The van der Waals surface area contributed by atoms with Gasteiger partial charge in [-0.15, -0.1) is 0 Å². The van der Waals surface area contributed by atoms with Crippen LogP contribution in [0.1, 0.15) is 19.8 Å². The molecular formula is C17H25N3O5S. The molecule has 2 aliphatic heterocycles. The van der Waals surface area contributed by atoms with E-state index in [2.05, 4.69) is 10.6 Å². The second-order valence-electron chi connectivity index (χ2n) is 6.47. The number of ether oxygens (including phenoxy) is 2. The normalized spacial score (nSPS) is 24.4. The Kier molecular flexibility index (Phi) is 5.81. The summed E-state index contributed by atoms with van der Waals surface area (Å²) in [5, 5.41) is 5.91. The van der Waals surface area contributed by atoms with Crippen LogP contribution in [0.4, 0.5) is 5.69 Å². The second kappa shape index (κ2) is 7.91. The van der Waals surface area contributed by atoms with Crippen LogP contribution in [0.25, 0.3) is 0 Å². The molecule has 8 nitrogen and oxygen atoms in total. The molecule has 1 amide bonds. The Morgan fingerprint density at radius 2 is 2.08 bits per heavy atom. The minimum Gasteiger partial charge on any atom is -0.495 e. The highest BCUT2D eigenvalue weighted by atomic mass is 32.2. The molecule has 2 heterocycles. The number of hydrogen-bond acceptors (Lipinski definition) is 6. The maximum atomic E-state index is 12.8. The van der Waals surface area contributed by atoms with Gasteiger partial charge in [-0.2, -0.15) is 4.31 Å². The first-order chi connectivity index (χ1) is 12.4. The van der Waals surface area contributed by atoms with E-state index in [1.807, 2.05) is 6.92 Å². The van der Waals surface area contributed by atoms with Crippen LogP contribution in [0.15, 0.2) is 23.1 Å². The molecule has 144 valence electrons. The lowest BCUT2D eigenvalue weighted by molar-refractivity contribution is -0.123. The Morgan fingerprint density at radius 3 is 2.73 bits per heavy atom. The number of nitrogens with zero attached hydrogens (tertiary/aromatic N) is 1. The number of nitrogens with one attached hydrogen (secondary N) is 2. The SMILES string of the molecule is COc1cc(NC(=O)[C@H]2NCCO[C@@H]2C)ccc1S(=O)(=O)N1CCCC1. The summed E-state index contributed by atoms with van der Waals surface area (Å²) in [6, 6.07) is 4.14. The molecule has 3 rings (SSSR count). The lowest BCUT2D eigenvalue weighted by atomic mass is 10.1. The van der Waals surface area contributed by atoms with Crippen molar-refractivity contribution in [3.63, 3.8) is 0 Å². The van der Waals surface area contributed by atoms with Gasteiger partial charge in [-0.1, -0.05) is 0 Å². The molecule has 26 heavy (non-hydrogen) atoms. The average Bonchev–Trinajstić information content (AvgIpc) is 3.17. The third-order valence-corrected chi connectivity index (χ3v) is 6.65. The van der Waals surface area contributed by atoms with Crippen molar-refractivity contribution < 1.29 is 22.7 Å². The molecule has 2 fully saturated rings. The quantitative estimate of drug-likeness (QED) is 0.781. The summed E-state index contributed by atoms with van der Waals surface area (Å²) in [5.41, 5.74) is 0.479. The molecule has 0 aliphatic carbocycles. The first kappa shape index (κ1) is 19.1. The fourth-order valence-corrected chi connectivity index (χ4v) is 4.93. The number of methoxy groups -OCH3 is 1. The molecule has 0 radical (unpaired) electrons. The topological polar surface area (TPSA) is 97.0 Å². The number of amides is 1. The van der Waals surface area contributed by atoms with Crippen LogP contribution in [0.3, 0.4) is 0 Å². The lowest BCUT2D eigenvalue weighted by Gasteiger charge is -2.29. The summed E-state index contributed by atoms with van der Waals surface area (Å²) >= 11 is 0. The minimum atomic E-state index is -3.59. The van der Waals surface area contributed by atoms with Gasteiger partial charge in [0.2, 0.25) is 15.9 Å². The Labute approximate surface area is 153 Å². The van der Waals surface area contributed by atoms with Gasteiger partial charge >= 0.3 is 0 Å². The van der Waals surface area contributed by atoms with Crippen LogP contribution in [0.5, 0.6) is 5.75 Å². The van der Waals surface area contributed by atoms with Gasteiger partial charge in [-0.25, -0.2) is 8.42 Å². The average molecular weight is 383 g/mol. The number of carbonyl (C=O) groups is 1. The van der Waals surface area contributed by atoms with Crippen LogP contribution in [0, 0.1) is 0 Å². The summed E-state index contributed by atoms with van der Waals surface area (Å²) in [5.74, 6) is -0.00925. The van der Waals surface area contributed by atoms with Gasteiger partial charge in [0.05, 0.1) is 19.8 Å². The highest BCUT2D eigenvalue weighted by molar-refractivity contribution is 7.89. The lowest BCUT2D eigenvalue weighted by Crippen LogP contribution is -2.53. The van der Waals surface area contributed by atoms with Gasteiger partial charge in [-0.05, 0) is 31.9 Å². The summed E-state index contributed by atoms with van der Waals surface area (Å²) in [6.45, 7) is 4.06. The number of rotatable bonds is 5. The van der Waals surface area contributed by atoms with Crippen LogP contribution in [-0.2, 0) is 19.6 Å². The Balaban J connectivity index is 1.79. The minimum absolute atomic E-state index is 0.118. The van der Waals surface area contributed by atoms with E-state index in [0.717, 1.165) is 12.8 Å². The maximum absolute atomic E-state index is 12.8. The summed E-state index contributed by atoms with van der Waals surface area (Å²) in [7, 11) is -2.17. The zero-order valence-corrected chi connectivity index (χ0v) is 15.8. The Bertz CT molecular complexity index is 762. The highest BCUT2D eigenvalue weighted by Crippen LogP contribution is 2.31. The van der Waals surface area contributed by atoms with Crippen molar-refractivity contribution >= 4 is 21.6 Å². The second-order valence-corrected chi connectivity index (χ2v) is 8.38. The van der Waals surface area contributed by atoms with E-state index in [0.29, 0.717) is 31.9 Å². The van der Waals surface area contributed by atoms with Gasteiger partial charge in [0.1, 0.15) is 16.7 Å². The van der Waals surface area contributed by atoms with Gasteiger partial charge in [0.25, 0.3) is 0 Å².